The lowest BCUT2D eigenvalue weighted by Gasteiger charge is -2.14. The van der Waals surface area contributed by atoms with Crippen molar-refractivity contribution >= 4 is 21.5 Å². The molecule has 0 aliphatic carbocycles. The fourth-order valence-corrected chi connectivity index (χ4v) is 6.13. The van der Waals surface area contributed by atoms with E-state index in [4.69, 9.17) is 9.15 Å². The Kier molecular flexibility index (Phi) is 5.27. The Labute approximate surface area is 165 Å². The third-order valence-electron chi connectivity index (χ3n) is 5.46. The van der Waals surface area contributed by atoms with E-state index in [1.54, 1.807) is 6.07 Å². The lowest BCUT2D eigenvalue weighted by atomic mass is 9.94. The average Bonchev–Trinajstić information content (AvgIpc) is 3.37. The van der Waals surface area contributed by atoms with Gasteiger partial charge in [0, 0.05) is 0 Å². The van der Waals surface area contributed by atoms with Crippen molar-refractivity contribution in [2.75, 3.05) is 12.4 Å². The van der Waals surface area contributed by atoms with E-state index in [0.717, 1.165) is 28.7 Å². The van der Waals surface area contributed by atoms with Crippen LogP contribution in [0.3, 0.4) is 0 Å². The van der Waals surface area contributed by atoms with Crippen LogP contribution in [0.5, 0.6) is 0 Å². The third-order valence-corrected chi connectivity index (χ3v) is 7.55. The second-order valence-corrected chi connectivity index (χ2v) is 9.57. The molecular formula is C22H24O5S. The first-order valence-electron chi connectivity index (χ1n) is 9.46. The standard InChI is InChI=1S/C22H24O5S/c1-15-14-28(24,25)21-13-26-20(22(15)21)10-7-17(16-5-3-2-4-6-16)11-18-8-9-19(12-23)27-18/h2-6,8-9,11,20-21,23H,7,10,12-14H2,1H3/b17-11-/t20-,21+/m1/s1. The van der Waals surface area contributed by atoms with Crippen LogP contribution in [0.4, 0.5) is 0 Å². The molecule has 0 unspecified atom stereocenters. The van der Waals surface area contributed by atoms with E-state index >= 15 is 0 Å². The van der Waals surface area contributed by atoms with E-state index in [2.05, 4.69) is 0 Å². The van der Waals surface area contributed by atoms with Gasteiger partial charge in [0.15, 0.2) is 9.84 Å². The van der Waals surface area contributed by atoms with Gasteiger partial charge in [0.2, 0.25) is 0 Å². The number of aliphatic hydroxyl groups is 1. The van der Waals surface area contributed by atoms with Gasteiger partial charge in [0.25, 0.3) is 0 Å². The van der Waals surface area contributed by atoms with E-state index in [9.17, 15) is 13.5 Å². The highest BCUT2D eigenvalue weighted by atomic mass is 32.2. The Morgan fingerprint density at radius 2 is 2.00 bits per heavy atom. The number of hydrogen-bond donors (Lipinski definition) is 1. The highest BCUT2D eigenvalue weighted by Crippen LogP contribution is 2.39. The zero-order valence-corrected chi connectivity index (χ0v) is 16.6. The number of benzene rings is 1. The molecule has 1 saturated heterocycles. The van der Waals surface area contributed by atoms with Crippen molar-refractivity contribution in [3.8, 4) is 0 Å². The molecule has 28 heavy (non-hydrogen) atoms. The molecule has 1 aromatic heterocycles. The summed E-state index contributed by atoms with van der Waals surface area (Å²) in [5.74, 6) is 1.37. The van der Waals surface area contributed by atoms with Crippen LogP contribution >= 0.6 is 0 Å². The minimum absolute atomic E-state index is 0.131. The molecule has 1 aromatic carbocycles. The summed E-state index contributed by atoms with van der Waals surface area (Å²) >= 11 is 0. The average molecular weight is 400 g/mol. The Hall–Kier alpha value is -2.15. The normalized spacial score (nSPS) is 24.0. The predicted octanol–water partition coefficient (Wildman–Crippen LogP) is 3.61. The molecule has 148 valence electrons. The molecule has 1 fully saturated rings. The largest absolute Gasteiger partial charge is 0.459 e. The number of ether oxygens (including phenoxy) is 1. The Balaban J connectivity index is 1.56. The predicted molar refractivity (Wildman–Crippen MR) is 108 cm³/mol. The molecule has 2 atom stereocenters. The molecule has 1 N–H and O–H groups in total. The van der Waals surface area contributed by atoms with Gasteiger partial charge in [0.05, 0.1) is 18.5 Å². The van der Waals surface area contributed by atoms with Crippen molar-refractivity contribution in [2.24, 2.45) is 0 Å². The Morgan fingerprint density at radius 1 is 1.21 bits per heavy atom. The van der Waals surface area contributed by atoms with Gasteiger partial charge >= 0.3 is 0 Å². The van der Waals surface area contributed by atoms with Crippen molar-refractivity contribution in [1.29, 1.82) is 0 Å². The summed E-state index contributed by atoms with van der Waals surface area (Å²) in [6.45, 7) is 2.04. The van der Waals surface area contributed by atoms with Gasteiger partial charge in [0.1, 0.15) is 23.4 Å². The highest BCUT2D eigenvalue weighted by molar-refractivity contribution is 7.92. The van der Waals surface area contributed by atoms with E-state index in [0.29, 0.717) is 17.9 Å². The van der Waals surface area contributed by atoms with Crippen LogP contribution in [-0.4, -0.2) is 37.2 Å². The van der Waals surface area contributed by atoms with Crippen LogP contribution in [-0.2, 0) is 21.2 Å². The van der Waals surface area contributed by atoms with Crippen LogP contribution < -0.4 is 0 Å². The van der Waals surface area contributed by atoms with Gasteiger partial charge < -0.3 is 14.3 Å². The molecule has 4 rings (SSSR count). The lowest BCUT2D eigenvalue weighted by Crippen LogP contribution is -2.19. The van der Waals surface area contributed by atoms with Gasteiger partial charge in [-0.15, -0.1) is 0 Å². The van der Waals surface area contributed by atoms with Crippen LogP contribution in [0.1, 0.15) is 36.8 Å². The van der Waals surface area contributed by atoms with Crippen molar-refractivity contribution in [1.82, 2.24) is 0 Å². The maximum absolute atomic E-state index is 12.3. The monoisotopic (exact) mass is 400 g/mol. The van der Waals surface area contributed by atoms with Crippen molar-refractivity contribution in [2.45, 2.75) is 37.7 Å². The van der Waals surface area contributed by atoms with E-state index in [-0.39, 0.29) is 25.1 Å². The van der Waals surface area contributed by atoms with Gasteiger partial charge in [-0.25, -0.2) is 8.42 Å². The molecule has 0 saturated carbocycles. The molecule has 0 amide bonds. The maximum Gasteiger partial charge on any atom is 0.163 e. The summed E-state index contributed by atoms with van der Waals surface area (Å²) in [6.07, 6.45) is 3.27. The summed E-state index contributed by atoms with van der Waals surface area (Å²) in [4.78, 5) is 0. The van der Waals surface area contributed by atoms with Gasteiger partial charge in [-0.3, -0.25) is 0 Å². The summed E-state index contributed by atoms with van der Waals surface area (Å²) < 4.78 is 36.0. The van der Waals surface area contributed by atoms with Crippen molar-refractivity contribution in [3.63, 3.8) is 0 Å². The van der Waals surface area contributed by atoms with E-state index in [1.807, 2.05) is 49.4 Å². The van der Waals surface area contributed by atoms with Crippen molar-refractivity contribution < 1.29 is 22.7 Å². The fourth-order valence-electron chi connectivity index (χ4n) is 4.13. The molecular weight excluding hydrogens is 376 g/mol. The molecule has 2 aliphatic heterocycles. The smallest absolute Gasteiger partial charge is 0.163 e. The first-order valence-corrected chi connectivity index (χ1v) is 11.2. The first-order chi connectivity index (χ1) is 13.5. The number of allylic oxidation sites excluding steroid dienone is 1. The summed E-state index contributed by atoms with van der Waals surface area (Å²) in [5, 5.41) is 8.76. The minimum atomic E-state index is -3.10. The molecule has 0 radical (unpaired) electrons. The molecule has 2 aromatic rings. The van der Waals surface area contributed by atoms with Gasteiger partial charge in [-0.05, 0) is 54.7 Å². The molecule has 0 bridgehead atoms. The topological polar surface area (TPSA) is 76.7 Å². The number of sulfone groups is 1. The van der Waals surface area contributed by atoms with Crippen LogP contribution in [0.25, 0.3) is 11.6 Å². The molecule has 3 heterocycles. The van der Waals surface area contributed by atoms with Crippen LogP contribution in [0.2, 0.25) is 0 Å². The molecule has 2 aliphatic rings. The molecule has 6 heteroatoms. The number of aliphatic hydroxyl groups excluding tert-OH is 1. The molecule has 0 spiro atoms. The number of fused-ring (bicyclic) bond motifs is 1. The van der Waals surface area contributed by atoms with Crippen LogP contribution in [0, 0.1) is 0 Å². The second-order valence-electron chi connectivity index (χ2n) is 7.39. The zero-order valence-electron chi connectivity index (χ0n) is 15.8. The number of rotatable bonds is 6. The Morgan fingerprint density at radius 3 is 2.71 bits per heavy atom. The minimum Gasteiger partial charge on any atom is -0.459 e. The fraction of sp³-hybridized carbons (Fsp3) is 0.364. The highest BCUT2D eigenvalue weighted by Gasteiger charge is 2.45. The maximum atomic E-state index is 12.3. The van der Waals surface area contributed by atoms with E-state index < -0.39 is 15.1 Å². The quantitative estimate of drug-likeness (QED) is 0.750. The van der Waals surface area contributed by atoms with Gasteiger partial charge in [-0.2, -0.15) is 0 Å². The zero-order chi connectivity index (χ0) is 19.7. The summed E-state index contributed by atoms with van der Waals surface area (Å²) in [7, 11) is -3.10. The van der Waals surface area contributed by atoms with Crippen molar-refractivity contribution in [3.05, 3.63) is 70.7 Å². The Bertz CT molecular complexity index is 1010. The summed E-state index contributed by atoms with van der Waals surface area (Å²) in [6, 6.07) is 13.6. The SMILES string of the molecule is CC1=C2[C@@H](CC/C(=C/c3ccc(CO)o3)c3ccccc3)OC[C@@H]2S(=O)(=O)C1. The van der Waals surface area contributed by atoms with E-state index in [1.165, 1.54) is 0 Å². The van der Waals surface area contributed by atoms with Crippen LogP contribution in [0.15, 0.2) is 58.0 Å². The molecule has 5 nitrogen and oxygen atoms in total. The number of hydrogen-bond acceptors (Lipinski definition) is 5. The lowest BCUT2D eigenvalue weighted by molar-refractivity contribution is 0.118. The van der Waals surface area contributed by atoms with Gasteiger partial charge in [-0.1, -0.05) is 35.9 Å². The number of furan rings is 1. The second kappa shape index (κ2) is 7.70. The first kappa shape index (κ1) is 19.2. The summed E-state index contributed by atoms with van der Waals surface area (Å²) in [5.41, 5.74) is 4.08. The third kappa shape index (κ3) is 3.72.